The van der Waals surface area contributed by atoms with Gasteiger partial charge in [0.15, 0.2) is 0 Å². The minimum atomic E-state index is -0.208. The van der Waals surface area contributed by atoms with Crippen molar-refractivity contribution in [3.05, 3.63) is 33.9 Å². The van der Waals surface area contributed by atoms with Crippen molar-refractivity contribution in [2.45, 2.75) is 5.33 Å². The molecule has 0 spiro atoms. The Morgan fingerprint density at radius 1 is 1.54 bits per heavy atom. The van der Waals surface area contributed by atoms with E-state index in [0.717, 1.165) is 4.70 Å². The number of rotatable bonds is 1. The van der Waals surface area contributed by atoms with Gasteiger partial charge in [0.05, 0.1) is 0 Å². The Kier molecular flexibility index (Phi) is 2.58. The van der Waals surface area contributed by atoms with Gasteiger partial charge in [-0.2, -0.15) is 0 Å². The summed E-state index contributed by atoms with van der Waals surface area (Å²) in [5.74, 6) is -0.208. The van der Waals surface area contributed by atoms with E-state index in [-0.39, 0.29) is 5.82 Å². The van der Waals surface area contributed by atoms with Gasteiger partial charge < -0.3 is 0 Å². The Morgan fingerprint density at radius 3 is 3.00 bits per heavy atom. The summed E-state index contributed by atoms with van der Waals surface area (Å²) in [5.41, 5.74) is 0.535. The van der Waals surface area contributed by atoms with Gasteiger partial charge in [0, 0.05) is 26.0 Å². The van der Waals surface area contributed by atoms with E-state index >= 15 is 0 Å². The van der Waals surface area contributed by atoms with Gasteiger partial charge in [-0.05, 0) is 17.5 Å². The van der Waals surface area contributed by atoms with E-state index in [0.29, 0.717) is 21.3 Å². The van der Waals surface area contributed by atoms with E-state index in [9.17, 15) is 4.39 Å². The largest absolute Gasteiger partial charge is 0.206 e. The maximum absolute atomic E-state index is 13.7. The van der Waals surface area contributed by atoms with Crippen LogP contribution in [-0.4, -0.2) is 0 Å². The number of hydrogen-bond acceptors (Lipinski definition) is 1. The van der Waals surface area contributed by atoms with Crippen molar-refractivity contribution in [2.75, 3.05) is 0 Å². The second-order valence-corrected chi connectivity index (χ2v) is 4.53. The minimum Gasteiger partial charge on any atom is -0.206 e. The molecule has 0 fully saturated rings. The van der Waals surface area contributed by atoms with Crippen molar-refractivity contribution >= 4 is 49.0 Å². The molecule has 4 heteroatoms. The molecular weight excluding hydrogens is 275 g/mol. The van der Waals surface area contributed by atoms with Crippen LogP contribution in [0.25, 0.3) is 10.1 Å². The van der Waals surface area contributed by atoms with Gasteiger partial charge in [-0.1, -0.05) is 27.5 Å². The summed E-state index contributed by atoms with van der Waals surface area (Å²) in [6, 6.07) is 3.58. The van der Waals surface area contributed by atoms with Crippen molar-refractivity contribution in [2.24, 2.45) is 0 Å². The van der Waals surface area contributed by atoms with Gasteiger partial charge in [0.2, 0.25) is 0 Å². The monoisotopic (exact) mass is 278 g/mol. The highest BCUT2D eigenvalue weighted by molar-refractivity contribution is 9.08. The molecule has 0 bridgehead atoms. The molecule has 0 aliphatic heterocycles. The van der Waals surface area contributed by atoms with Crippen LogP contribution in [0.5, 0.6) is 0 Å². The molecule has 0 radical (unpaired) electrons. The fourth-order valence-electron chi connectivity index (χ4n) is 1.21. The lowest BCUT2D eigenvalue weighted by Crippen LogP contribution is -1.87. The Labute approximate surface area is 92.5 Å². The van der Waals surface area contributed by atoms with Gasteiger partial charge in [-0.15, -0.1) is 11.3 Å². The average Bonchev–Trinajstić information content (AvgIpc) is 2.53. The van der Waals surface area contributed by atoms with Gasteiger partial charge >= 0.3 is 0 Å². The zero-order chi connectivity index (χ0) is 9.42. The van der Waals surface area contributed by atoms with Crippen LogP contribution in [0.3, 0.4) is 0 Å². The zero-order valence-electron chi connectivity index (χ0n) is 6.48. The number of halogens is 3. The fourth-order valence-corrected chi connectivity index (χ4v) is 3.06. The fraction of sp³-hybridized carbons (Fsp3) is 0.111. The Bertz CT molecular complexity index is 452. The minimum absolute atomic E-state index is 0.208. The first-order valence-electron chi connectivity index (χ1n) is 3.64. The molecule has 68 valence electrons. The molecule has 0 unspecified atom stereocenters. The lowest BCUT2D eigenvalue weighted by atomic mass is 10.2. The molecule has 2 aromatic rings. The molecule has 0 nitrogen and oxygen atoms in total. The van der Waals surface area contributed by atoms with Crippen LogP contribution in [0, 0.1) is 5.82 Å². The summed E-state index contributed by atoms with van der Waals surface area (Å²) >= 11 is 10.6. The van der Waals surface area contributed by atoms with Crippen molar-refractivity contribution in [1.82, 2.24) is 0 Å². The summed E-state index contributed by atoms with van der Waals surface area (Å²) < 4.78 is 14.6. The Hall–Kier alpha value is -0.120. The highest BCUT2D eigenvalue weighted by Crippen LogP contribution is 2.32. The Balaban J connectivity index is 2.85. The quantitative estimate of drug-likeness (QED) is 0.670. The van der Waals surface area contributed by atoms with Crippen molar-refractivity contribution in [3.63, 3.8) is 0 Å². The van der Waals surface area contributed by atoms with Crippen LogP contribution in [-0.2, 0) is 5.33 Å². The molecule has 1 aromatic carbocycles. The number of thiophene rings is 1. The SMILES string of the molecule is Fc1c(CBr)c(Cl)cc2sccc12. The van der Waals surface area contributed by atoms with Crippen molar-refractivity contribution < 1.29 is 4.39 Å². The number of benzene rings is 1. The van der Waals surface area contributed by atoms with Crippen LogP contribution in [0.15, 0.2) is 17.5 Å². The molecular formula is C9H5BrClFS. The topological polar surface area (TPSA) is 0 Å². The predicted octanol–water partition coefficient (Wildman–Crippen LogP) is 4.59. The van der Waals surface area contributed by atoms with E-state index in [1.165, 1.54) is 11.3 Å². The highest BCUT2D eigenvalue weighted by Gasteiger charge is 2.11. The molecule has 0 aliphatic carbocycles. The Morgan fingerprint density at radius 2 is 2.31 bits per heavy atom. The van der Waals surface area contributed by atoms with E-state index in [4.69, 9.17) is 11.6 Å². The molecule has 0 atom stereocenters. The van der Waals surface area contributed by atoms with Crippen LogP contribution in [0.1, 0.15) is 5.56 Å². The molecule has 0 amide bonds. The molecule has 0 N–H and O–H groups in total. The molecule has 0 saturated heterocycles. The van der Waals surface area contributed by atoms with Gasteiger partial charge in [-0.25, -0.2) is 4.39 Å². The maximum atomic E-state index is 13.7. The molecule has 0 aliphatic rings. The third-order valence-corrected chi connectivity index (χ3v) is 3.64. The molecule has 0 saturated carbocycles. The molecule has 2 rings (SSSR count). The van der Waals surface area contributed by atoms with Gasteiger partial charge in [0.25, 0.3) is 0 Å². The van der Waals surface area contributed by atoms with E-state index in [1.807, 2.05) is 5.38 Å². The summed E-state index contributed by atoms with van der Waals surface area (Å²) in [7, 11) is 0. The third kappa shape index (κ3) is 1.49. The van der Waals surface area contributed by atoms with Crippen LogP contribution < -0.4 is 0 Å². The zero-order valence-corrected chi connectivity index (χ0v) is 9.64. The first kappa shape index (κ1) is 9.44. The first-order valence-corrected chi connectivity index (χ1v) is 6.02. The molecule has 13 heavy (non-hydrogen) atoms. The lowest BCUT2D eigenvalue weighted by Gasteiger charge is -2.02. The highest BCUT2D eigenvalue weighted by atomic mass is 79.9. The molecule has 1 aromatic heterocycles. The van der Waals surface area contributed by atoms with E-state index in [2.05, 4.69) is 15.9 Å². The van der Waals surface area contributed by atoms with Crippen LogP contribution in [0.2, 0.25) is 5.02 Å². The smallest absolute Gasteiger partial charge is 0.137 e. The van der Waals surface area contributed by atoms with E-state index < -0.39 is 0 Å². The summed E-state index contributed by atoms with van der Waals surface area (Å²) in [6.45, 7) is 0. The normalized spacial score (nSPS) is 11.0. The van der Waals surface area contributed by atoms with Crippen molar-refractivity contribution in [1.29, 1.82) is 0 Å². The summed E-state index contributed by atoms with van der Waals surface area (Å²) in [4.78, 5) is 0. The van der Waals surface area contributed by atoms with Gasteiger partial charge in [0.1, 0.15) is 5.82 Å². The summed E-state index contributed by atoms with van der Waals surface area (Å²) in [6.07, 6.45) is 0. The first-order chi connectivity index (χ1) is 6.24. The predicted molar refractivity (Wildman–Crippen MR) is 59.4 cm³/mol. The summed E-state index contributed by atoms with van der Waals surface area (Å²) in [5, 5.41) is 3.46. The number of alkyl halides is 1. The number of fused-ring (bicyclic) bond motifs is 1. The lowest BCUT2D eigenvalue weighted by molar-refractivity contribution is 0.630. The second-order valence-electron chi connectivity index (χ2n) is 2.62. The average molecular weight is 280 g/mol. The van der Waals surface area contributed by atoms with Gasteiger partial charge in [-0.3, -0.25) is 0 Å². The molecule has 1 heterocycles. The standard InChI is InChI=1S/C9H5BrClFS/c10-4-6-7(11)3-8-5(9(6)12)1-2-13-8/h1-3H,4H2. The van der Waals surface area contributed by atoms with Crippen LogP contribution >= 0.6 is 38.9 Å². The third-order valence-electron chi connectivity index (χ3n) is 1.88. The number of hydrogen-bond donors (Lipinski definition) is 0. The van der Waals surface area contributed by atoms with Crippen molar-refractivity contribution in [3.8, 4) is 0 Å². The second kappa shape index (κ2) is 3.56. The van der Waals surface area contributed by atoms with E-state index in [1.54, 1.807) is 12.1 Å². The maximum Gasteiger partial charge on any atom is 0.137 e. The van der Waals surface area contributed by atoms with Crippen LogP contribution in [0.4, 0.5) is 4.39 Å².